The summed E-state index contributed by atoms with van der Waals surface area (Å²) in [6, 6.07) is 14.5. The van der Waals surface area contributed by atoms with Gasteiger partial charge in [-0.15, -0.1) is 0 Å². The third-order valence-electron chi connectivity index (χ3n) is 2.39. The SMILES string of the molecule is OC(c1ccccc1)c1c(Cl)cccc1Cl. The minimum atomic E-state index is -0.789. The molecule has 2 aromatic rings. The summed E-state index contributed by atoms with van der Waals surface area (Å²) in [4.78, 5) is 0. The summed E-state index contributed by atoms with van der Waals surface area (Å²) in [7, 11) is 0. The van der Waals surface area contributed by atoms with Gasteiger partial charge in [0.25, 0.3) is 0 Å². The first-order valence-electron chi connectivity index (χ1n) is 4.87. The lowest BCUT2D eigenvalue weighted by Gasteiger charge is -2.14. The van der Waals surface area contributed by atoms with Crippen molar-refractivity contribution in [3.8, 4) is 0 Å². The fourth-order valence-corrected chi connectivity index (χ4v) is 2.18. The first kappa shape index (κ1) is 11.5. The first-order valence-corrected chi connectivity index (χ1v) is 5.62. The van der Waals surface area contributed by atoms with E-state index in [-0.39, 0.29) is 0 Å². The average Bonchev–Trinajstić information content (AvgIpc) is 2.30. The standard InChI is InChI=1S/C13H10Cl2O/c14-10-7-4-8-11(15)12(10)13(16)9-5-2-1-3-6-9/h1-8,13,16H. The van der Waals surface area contributed by atoms with Crippen LogP contribution in [-0.2, 0) is 0 Å². The van der Waals surface area contributed by atoms with Gasteiger partial charge in [-0.3, -0.25) is 0 Å². The van der Waals surface area contributed by atoms with E-state index < -0.39 is 6.10 Å². The minimum absolute atomic E-state index is 0.476. The summed E-state index contributed by atoms with van der Waals surface area (Å²) in [5.74, 6) is 0. The van der Waals surface area contributed by atoms with Crippen molar-refractivity contribution in [1.29, 1.82) is 0 Å². The molecule has 0 fully saturated rings. The Hall–Kier alpha value is -1.02. The number of aliphatic hydroxyl groups is 1. The molecule has 1 nitrogen and oxygen atoms in total. The molecular formula is C13H10Cl2O. The largest absolute Gasteiger partial charge is 0.384 e. The summed E-state index contributed by atoms with van der Waals surface area (Å²) >= 11 is 12.1. The molecule has 0 saturated heterocycles. The van der Waals surface area contributed by atoms with Crippen molar-refractivity contribution in [3.63, 3.8) is 0 Å². The van der Waals surface area contributed by atoms with Crippen molar-refractivity contribution in [2.24, 2.45) is 0 Å². The number of hydrogen-bond donors (Lipinski definition) is 1. The molecule has 0 aliphatic carbocycles. The Balaban J connectivity index is 2.46. The van der Waals surface area contributed by atoms with E-state index in [1.807, 2.05) is 30.3 Å². The number of benzene rings is 2. The van der Waals surface area contributed by atoms with Gasteiger partial charge in [0, 0.05) is 15.6 Å². The van der Waals surface area contributed by atoms with Crippen LogP contribution in [0.3, 0.4) is 0 Å². The molecule has 82 valence electrons. The maximum absolute atomic E-state index is 10.2. The van der Waals surface area contributed by atoms with Gasteiger partial charge in [-0.25, -0.2) is 0 Å². The van der Waals surface area contributed by atoms with Crippen LogP contribution in [-0.4, -0.2) is 5.11 Å². The smallest absolute Gasteiger partial charge is 0.107 e. The van der Waals surface area contributed by atoms with Crippen LogP contribution in [0.25, 0.3) is 0 Å². The van der Waals surface area contributed by atoms with E-state index in [0.29, 0.717) is 15.6 Å². The van der Waals surface area contributed by atoms with Crippen molar-refractivity contribution in [2.75, 3.05) is 0 Å². The van der Waals surface area contributed by atoms with E-state index in [2.05, 4.69) is 0 Å². The highest BCUT2D eigenvalue weighted by molar-refractivity contribution is 6.36. The van der Waals surface area contributed by atoms with Gasteiger partial charge in [-0.05, 0) is 17.7 Å². The zero-order valence-corrected chi connectivity index (χ0v) is 9.91. The summed E-state index contributed by atoms with van der Waals surface area (Å²) in [6.45, 7) is 0. The van der Waals surface area contributed by atoms with E-state index >= 15 is 0 Å². The number of halogens is 2. The molecule has 2 rings (SSSR count). The van der Waals surface area contributed by atoms with Gasteiger partial charge in [0.1, 0.15) is 6.10 Å². The number of hydrogen-bond acceptors (Lipinski definition) is 1. The van der Waals surface area contributed by atoms with E-state index in [0.717, 1.165) is 5.56 Å². The monoisotopic (exact) mass is 252 g/mol. The molecule has 0 aliphatic rings. The Morgan fingerprint density at radius 3 is 1.94 bits per heavy atom. The second kappa shape index (κ2) is 4.88. The van der Waals surface area contributed by atoms with Crippen LogP contribution < -0.4 is 0 Å². The summed E-state index contributed by atoms with van der Waals surface area (Å²) in [5, 5.41) is 11.1. The second-order valence-corrected chi connectivity index (χ2v) is 4.26. The predicted molar refractivity (Wildman–Crippen MR) is 67.0 cm³/mol. The van der Waals surface area contributed by atoms with Gasteiger partial charge in [0.15, 0.2) is 0 Å². The molecule has 3 heteroatoms. The maximum atomic E-state index is 10.2. The average molecular weight is 253 g/mol. The number of rotatable bonds is 2. The summed E-state index contributed by atoms with van der Waals surface area (Å²) in [5.41, 5.74) is 1.33. The van der Waals surface area contributed by atoms with Gasteiger partial charge < -0.3 is 5.11 Å². The van der Waals surface area contributed by atoms with Crippen LogP contribution in [0.15, 0.2) is 48.5 Å². The lowest BCUT2D eigenvalue weighted by molar-refractivity contribution is 0.220. The van der Waals surface area contributed by atoms with Gasteiger partial charge in [0.05, 0.1) is 0 Å². The summed E-state index contributed by atoms with van der Waals surface area (Å²) < 4.78 is 0. The molecular weight excluding hydrogens is 243 g/mol. The molecule has 1 atom stereocenters. The second-order valence-electron chi connectivity index (χ2n) is 3.45. The van der Waals surface area contributed by atoms with E-state index in [1.165, 1.54) is 0 Å². The van der Waals surface area contributed by atoms with Gasteiger partial charge in [-0.1, -0.05) is 59.6 Å². The highest BCUT2D eigenvalue weighted by atomic mass is 35.5. The third kappa shape index (κ3) is 2.22. The van der Waals surface area contributed by atoms with Gasteiger partial charge in [0.2, 0.25) is 0 Å². The zero-order valence-electron chi connectivity index (χ0n) is 8.40. The Labute approximate surface area is 104 Å². The van der Waals surface area contributed by atoms with Crippen molar-refractivity contribution < 1.29 is 5.11 Å². The van der Waals surface area contributed by atoms with Gasteiger partial charge in [-0.2, -0.15) is 0 Å². The van der Waals surface area contributed by atoms with E-state index in [1.54, 1.807) is 18.2 Å². The van der Waals surface area contributed by atoms with Crippen LogP contribution in [0.4, 0.5) is 0 Å². The van der Waals surface area contributed by atoms with Crippen LogP contribution in [0.1, 0.15) is 17.2 Å². The quantitative estimate of drug-likeness (QED) is 0.855. The van der Waals surface area contributed by atoms with Crippen molar-refractivity contribution in [3.05, 3.63) is 69.7 Å². The van der Waals surface area contributed by atoms with E-state index in [9.17, 15) is 5.11 Å². The van der Waals surface area contributed by atoms with Crippen LogP contribution in [0.5, 0.6) is 0 Å². The molecule has 0 aliphatic heterocycles. The van der Waals surface area contributed by atoms with Crippen LogP contribution in [0.2, 0.25) is 10.0 Å². The predicted octanol–water partition coefficient (Wildman–Crippen LogP) is 4.08. The molecule has 0 bridgehead atoms. The summed E-state index contributed by atoms with van der Waals surface area (Å²) in [6.07, 6.45) is -0.789. The van der Waals surface area contributed by atoms with Crippen LogP contribution in [0, 0.1) is 0 Å². The maximum Gasteiger partial charge on any atom is 0.107 e. The van der Waals surface area contributed by atoms with E-state index in [4.69, 9.17) is 23.2 Å². The number of aliphatic hydroxyl groups excluding tert-OH is 1. The molecule has 0 heterocycles. The molecule has 0 aromatic heterocycles. The molecule has 0 amide bonds. The first-order chi connectivity index (χ1) is 7.70. The Morgan fingerprint density at radius 1 is 0.812 bits per heavy atom. The highest BCUT2D eigenvalue weighted by Gasteiger charge is 2.16. The normalized spacial score (nSPS) is 12.4. The lowest BCUT2D eigenvalue weighted by atomic mass is 10.0. The fourth-order valence-electron chi connectivity index (χ4n) is 1.57. The molecule has 1 N–H and O–H groups in total. The Kier molecular flexibility index (Phi) is 3.49. The molecule has 1 unspecified atom stereocenters. The van der Waals surface area contributed by atoms with Crippen molar-refractivity contribution >= 4 is 23.2 Å². The van der Waals surface area contributed by atoms with Crippen LogP contribution >= 0.6 is 23.2 Å². The fraction of sp³-hybridized carbons (Fsp3) is 0.0769. The minimum Gasteiger partial charge on any atom is -0.384 e. The zero-order chi connectivity index (χ0) is 11.5. The lowest BCUT2D eigenvalue weighted by Crippen LogP contribution is -2.01. The Bertz CT molecular complexity index is 462. The molecule has 0 saturated carbocycles. The topological polar surface area (TPSA) is 20.2 Å². The Morgan fingerprint density at radius 2 is 1.38 bits per heavy atom. The van der Waals surface area contributed by atoms with Crippen molar-refractivity contribution in [2.45, 2.75) is 6.10 Å². The third-order valence-corrected chi connectivity index (χ3v) is 3.05. The molecule has 0 spiro atoms. The molecule has 0 radical (unpaired) electrons. The highest BCUT2D eigenvalue weighted by Crippen LogP contribution is 2.33. The molecule has 16 heavy (non-hydrogen) atoms. The van der Waals surface area contributed by atoms with Crippen molar-refractivity contribution in [1.82, 2.24) is 0 Å². The molecule has 2 aromatic carbocycles. The van der Waals surface area contributed by atoms with Gasteiger partial charge >= 0.3 is 0 Å².